The van der Waals surface area contributed by atoms with E-state index in [0.29, 0.717) is 36.9 Å². The summed E-state index contributed by atoms with van der Waals surface area (Å²) in [6, 6.07) is 4.31. The Morgan fingerprint density at radius 2 is 1.84 bits per heavy atom. The molecule has 1 N–H and O–H groups in total. The summed E-state index contributed by atoms with van der Waals surface area (Å²) in [4.78, 5) is 4.19. The van der Waals surface area contributed by atoms with Gasteiger partial charge in [-0.15, -0.1) is 0 Å². The molecule has 0 spiro atoms. The molecular weight excluding hydrogens is 432 g/mol. The highest BCUT2D eigenvalue weighted by molar-refractivity contribution is 7.80. The number of nitrogens with one attached hydrogen (secondary N) is 1. The van der Waals surface area contributed by atoms with Crippen LogP contribution in [0.3, 0.4) is 0 Å². The van der Waals surface area contributed by atoms with E-state index in [9.17, 15) is 8.78 Å². The third-order valence-corrected chi connectivity index (χ3v) is 6.17. The van der Waals surface area contributed by atoms with Crippen LogP contribution in [0.1, 0.15) is 23.7 Å². The number of benzene rings is 1. The minimum Gasteiger partial charge on any atom is -0.346 e. The molecule has 0 atom stereocenters. The first-order valence-electron chi connectivity index (χ1n) is 10.7. The molecule has 3 heterocycles. The lowest BCUT2D eigenvalue weighted by Gasteiger charge is -2.36. The van der Waals surface area contributed by atoms with Crippen LogP contribution >= 0.6 is 12.2 Å². The SMILES string of the molecule is CCn1ncc(Cn2cc(NC(=S)N3CCN(Cc4cccc(F)c4F)CC3)cn2)c1C. The summed E-state index contributed by atoms with van der Waals surface area (Å²) >= 11 is 5.58. The molecule has 1 aliphatic rings. The molecule has 1 aromatic carbocycles. The van der Waals surface area contributed by atoms with Crippen molar-refractivity contribution in [1.82, 2.24) is 29.4 Å². The maximum Gasteiger partial charge on any atom is 0.173 e. The zero-order valence-electron chi connectivity index (χ0n) is 18.3. The van der Waals surface area contributed by atoms with Crippen molar-refractivity contribution >= 4 is 23.0 Å². The Labute approximate surface area is 191 Å². The van der Waals surface area contributed by atoms with Gasteiger partial charge in [-0.1, -0.05) is 12.1 Å². The van der Waals surface area contributed by atoms with Gasteiger partial charge in [0.25, 0.3) is 0 Å². The van der Waals surface area contributed by atoms with E-state index in [0.717, 1.165) is 42.6 Å². The average Bonchev–Trinajstić information content (AvgIpc) is 3.38. The van der Waals surface area contributed by atoms with Crippen LogP contribution < -0.4 is 5.32 Å². The van der Waals surface area contributed by atoms with Crippen LogP contribution in [-0.4, -0.2) is 60.7 Å². The van der Waals surface area contributed by atoms with Gasteiger partial charge in [-0.25, -0.2) is 8.78 Å². The Balaban J connectivity index is 1.28. The molecule has 170 valence electrons. The molecule has 2 aromatic heterocycles. The van der Waals surface area contributed by atoms with Crippen LogP contribution in [0.15, 0.2) is 36.8 Å². The fraction of sp³-hybridized carbons (Fsp3) is 0.409. The zero-order chi connectivity index (χ0) is 22.7. The minimum atomic E-state index is -0.804. The van der Waals surface area contributed by atoms with Crippen molar-refractivity contribution in [2.75, 3.05) is 31.5 Å². The van der Waals surface area contributed by atoms with Gasteiger partial charge in [-0.05, 0) is 32.1 Å². The van der Waals surface area contributed by atoms with Gasteiger partial charge < -0.3 is 10.2 Å². The van der Waals surface area contributed by atoms with Crippen LogP contribution in [0, 0.1) is 18.6 Å². The predicted molar refractivity (Wildman–Crippen MR) is 123 cm³/mol. The van der Waals surface area contributed by atoms with Crippen molar-refractivity contribution in [2.45, 2.75) is 33.5 Å². The van der Waals surface area contributed by atoms with Crippen molar-refractivity contribution in [2.24, 2.45) is 0 Å². The Kier molecular flexibility index (Phi) is 6.80. The molecule has 4 rings (SSSR count). The second kappa shape index (κ2) is 9.74. The maximum atomic E-state index is 13.9. The van der Waals surface area contributed by atoms with Gasteiger partial charge in [0.15, 0.2) is 16.7 Å². The molecule has 0 unspecified atom stereocenters. The third-order valence-electron chi connectivity index (χ3n) is 5.81. The normalized spacial score (nSPS) is 14.7. The molecule has 0 radical (unpaired) electrons. The number of aromatic nitrogens is 4. The Morgan fingerprint density at radius 1 is 1.06 bits per heavy atom. The Bertz CT molecular complexity index is 1090. The third kappa shape index (κ3) is 4.97. The zero-order valence-corrected chi connectivity index (χ0v) is 19.1. The summed E-state index contributed by atoms with van der Waals surface area (Å²) in [6.45, 7) is 8.88. The number of piperazine rings is 1. The summed E-state index contributed by atoms with van der Waals surface area (Å²) in [7, 11) is 0. The quantitative estimate of drug-likeness (QED) is 0.571. The second-order valence-electron chi connectivity index (χ2n) is 7.90. The number of thiocarbonyl (C=S) groups is 1. The molecule has 1 saturated heterocycles. The highest BCUT2D eigenvalue weighted by Gasteiger charge is 2.21. The number of hydrogen-bond donors (Lipinski definition) is 1. The maximum absolute atomic E-state index is 13.9. The molecule has 3 aromatic rings. The second-order valence-corrected chi connectivity index (χ2v) is 8.29. The van der Waals surface area contributed by atoms with E-state index >= 15 is 0 Å². The van der Waals surface area contributed by atoms with Crippen molar-refractivity contribution in [1.29, 1.82) is 0 Å². The first-order chi connectivity index (χ1) is 15.4. The molecule has 32 heavy (non-hydrogen) atoms. The predicted octanol–water partition coefficient (Wildman–Crippen LogP) is 3.25. The van der Waals surface area contributed by atoms with E-state index < -0.39 is 11.6 Å². The fourth-order valence-corrected chi connectivity index (χ4v) is 4.17. The lowest BCUT2D eigenvalue weighted by atomic mass is 10.2. The van der Waals surface area contributed by atoms with E-state index in [1.807, 2.05) is 21.8 Å². The molecule has 1 aliphatic heterocycles. The van der Waals surface area contributed by atoms with E-state index in [1.54, 1.807) is 18.3 Å². The van der Waals surface area contributed by atoms with Gasteiger partial charge in [0.2, 0.25) is 0 Å². The first kappa shape index (κ1) is 22.3. The number of anilines is 1. The molecule has 0 amide bonds. The summed E-state index contributed by atoms with van der Waals surface area (Å²) in [5, 5.41) is 12.7. The molecule has 7 nitrogen and oxygen atoms in total. The van der Waals surface area contributed by atoms with Gasteiger partial charge in [-0.3, -0.25) is 14.3 Å². The van der Waals surface area contributed by atoms with Crippen molar-refractivity contribution in [3.8, 4) is 0 Å². The van der Waals surface area contributed by atoms with Gasteiger partial charge in [0.05, 0.1) is 24.6 Å². The number of hydrogen-bond acceptors (Lipinski definition) is 4. The van der Waals surface area contributed by atoms with E-state index in [4.69, 9.17) is 12.2 Å². The summed E-state index contributed by atoms with van der Waals surface area (Å²) in [5.74, 6) is -1.57. The molecule has 1 fully saturated rings. The lowest BCUT2D eigenvalue weighted by molar-refractivity contribution is 0.175. The van der Waals surface area contributed by atoms with Crippen LogP contribution in [0.25, 0.3) is 0 Å². The number of rotatable bonds is 6. The highest BCUT2D eigenvalue weighted by atomic mass is 32.1. The highest BCUT2D eigenvalue weighted by Crippen LogP contribution is 2.16. The van der Waals surface area contributed by atoms with E-state index in [2.05, 4.69) is 39.2 Å². The number of aryl methyl sites for hydroxylation is 1. The molecule has 0 aliphatic carbocycles. The van der Waals surface area contributed by atoms with Crippen LogP contribution in [0.2, 0.25) is 0 Å². The van der Waals surface area contributed by atoms with Gasteiger partial charge in [0.1, 0.15) is 0 Å². The van der Waals surface area contributed by atoms with Gasteiger partial charge >= 0.3 is 0 Å². The summed E-state index contributed by atoms with van der Waals surface area (Å²) < 4.78 is 31.2. The largest absolute Gasteiger partial charge is 0.346 e. The van der Waals surface area contributed by atoms with Gasteiger partial charge in [-0.2, -0.15) is 10.2 Å². The fourth-order valence-electron chi connectivity index (χ4n) is 3.87. The Hall–Kier alpha value is -2.85. The van der Waals surface area contributed by atoms with Crippen LogP contribution in [0.5, 0.6) is 0 Å². The molecule has 10 heteroatoms. The Morgan fingerprint density at radius 3 is 2.56 bits per heavy atom. The van der Waals surface area contributed by atoms with Crippen molar-refractivity contribution < 1.29 is 8.78 Å². The number of nitrogens with zero attached hydrogens (tertiary/aromatic N) is 6. The standard InChI is InChI=1S/C22H27F2N7S/c1-3-31-16(2)18(11-26-31)14-30-15-19(12-25-30)27-22(32)29-9-7-28(8-10-29)13-17-5-4-6-20(23)21(17)24/h4-6,11-12,15H,3,7-10,13-14H2,1-2H3,(H,27,32). The van der Waals surface area contributed by atoms with Crippen molar-refractivity contribution in [3.63, 3.8) is 0 Å². The monoisotopic (exact) mass is 459 g/mol. The van der Waals surface area contributed by atoms with E-state index in [-0.39, 0.29) is 0 Å². The number of halogens is 2. The van der Waals surface area contributed by atoms with E-state index in [1.165, 1.54) is 0 Å². The first-order valence-corrected chi connectivity index (χ1v) is 11.1. The summed E-state index contributed by atoms with van der Waals surface area (Å²) in [6.07, 6.45) is 5.57. The topological polar surface area (TPSA) is 54.2 Å². The van der Waals surface area contributed by atoms with Gasteiger partial charge in [0, 0.05) is 62.3 Å². The molecule has 0 bridgehead atoms. The smallest absolute Gasteiger partial charge is 0.173 e. The minimum absolute atomic E-state index is 0.381. The molecule has 0 saturated carbocycles. The van der Waals surface area contributed by atoms with Crippen molar-refractivity contribution in [3.05, 3.63) is 65.2 Å². The lowest BCUT2D eigenvalue weighted by Crippen LogP contribution is -2.49. The summed E-state index contributed by atoms with van der Waals surface area (Å²) in [5.41, 5.74) is 3.49. The molecular formula is C22H27F2N7S. The van der Waals surface area contributed by atoms with Crippen LogP contribution in [-0.2, 0) is 19.6 Å². The van der Waals surface area contributed by atoms with Crippen LogP contribution in [0.4, 0.5) is 14.5 Å². The average molecular weight is 460 g/mol.